The summed E-state index contributed by atoms with van der Waals surface area (Å²) in [4.78, 5) is 10.7. The third-order valence-corrected chi connectivity index (χ3v) is 2.82. The van der Waals surface area contributed by atoms with Gasteiger partial charge in [-0.25, -0.2) is 4.79 Å². The molecule has 0 radical (unpaired) electrons. The van der Waals surface area contributed by atoms with Gasteiger partial charge in [0.1, 0.15) is 0 Å². The van der Waals surface area contributed by atoms with Gasteiger partial charge in [-0.2, -0.15) is 13.2 Å². The highest BCUT2D eigenvalue weighted by Gasteiger charge is 2.34. The highest BCUT2D eigenvalue weighted by Crippen LogP contribution is 2.33. The summed E-state index contributed by atoms with van der Waals surface area (Å²) in [6.07, 6.45) is -2.57. The Morgan fingerprint density at radius 3 is 2.56 bits per heavy atom. The summed E-state index contributed by atoms with van der Waals surface area (Å²) in [6.45, 7) is 0.111. The fourth-order valence-electron chi connectivity index (χ4n) is 1.67. The average molecular weight is 259 g/mol. The minimum Gasteiger partial charge on any atom is -0.478 e. The number of carboxylic acid groups (broad SMARTS) is 1. The number of hydrogen-bond donors (Lipinski definition) is 2. The Balaban J connectivity index is 2.28. The first kappa shape index (κ1) is 12.9. The van der Waals surface area contributed by atoms with Crippen molar-refractivity contribution in [3.63, 3.8) is 0 Å². The fourth-order valence-corrected chi connectivity index (χ4v) is 1.67. The Hall–Kier alpha value is -1.56. The van der Waals surface area contributed by atoms with Crippen LogP contribution in [0, 0.1) is 0 Å². The zero-order chi connectivity index (χ0) is 13.3. The van der Waals surface area contributed by atoms with E-state index < -0.39 is 17.7 Å². The lowest BCUT2D eigenvalue weighted by Crippen LogP contribution is -2.19. The van der Waals surface area contributed by atoms with Crippen molar-refractivity contribution in [3.05, 3.63) is 34.9 Å². The highest BCUT2D eigenvalue weighted by molar-refractivity contribution is 5.88. The van der Waals surface area contributed by atoms with Crippen LogP contribution in [0.5, 0.6) is 0 Å². The molecule has 1 saturated carbocycles. The van der Waals surface area contributed by atoms with Crippen molar-refractivity contribution in [1.82, 2.24) is 5.32 Å². The van der Waals surface area contributed by atoms with Crippen molar-refractivity contribution in [2.24, 2.45) is 0 Å². The lowest BCUT2D eigenvalue weighted by molar-refractivity contribution is -0.138. The van der Waals surface area contributed by atoms with Gasteiger partial charge in [-0.3, -0.25) is 0 Å². The Kier molecular flexibility index (Phi) is 3.30. The molecule has 18 heavy (non-hydrogen) atoms. The van der Waals surface area contributed by atoms with Gasteiger partial charge in [0.05, 0.1) is 11.1 Å². The average Bonchev–Trinajstić information content (AvgIpc) is 3.08. The van der Waals surface area contributed by atoms with Gasteiger partial charge in [0, 0.05) is 12.6 Å². The van der Waals surface area contributed by atoms with E-state index in [1.54, 1.807) is 0 Å². The smallest absolute Gasteiger partial charge is 0.416 e. The van der Waals surface area contributed by atoms with E-state index in [2.05, 4.69) is 5.32 Å². The van der Waals surface area contributed by atoms with Crippen LogP contribution in [0.25, 0.3) is 0 Å². The molecule has 1 aliphatic carbocycles. The van der Waals surface area contributed by atoms with Gasteiger partial charge in [0.15, 0.2) is 0 Å². The third kappa shape index (κ3) is 3.01. The molecule has 0 bridgehead atoms. The number of carbonyl (C=O) groups is 1. The van der Waals surface area contributed by atoms with E-state index >= 15 is 0 Å². The quantitative estimate of drug-likeness (QED) is 0.874. The second kappa shape index (κ2) is 4.61. The van der Waals surface area contributed by atoms with Crippen LogP contribution in [0.1, 0.15) is 34.3 Å². The third-order valence-electron chi connectivity index (χ3n) is 2.82. The summed E-state index contributed by atoms with van der Waals surface area (Å²) in [6, 6.07) is 3.40. The Morgan fingerprint density at radius 2 is 2.06 bits per heavy atom. The van der Waals surface area contributed by atoms with Crippen LogP contribution in [-0.4, -0.2) is 17.1 Å². The zero-order valence-electron chi connectivity index (χ0n) is 9.42. The molecule has 0 amide bonds. The number of nitrogens with one attached hydrogen (secondary N) is 1. The molecule has 2 rings (SSSR count). The molecular formula is C12H12F3NO2. The van der Waals surface area contributed by atoms with Crippen molar-refractivity contribution in [2.75, 3.05) is 0 Å². The molecule has 1 fully saturated rings. The predicted octanol–water partition coefficient (Wildman–Crippen LogP) is 2.66. The molecule has 0 atom stereocenters. The van der Waals surface area contributed by atoms with Crippen LogP contribution in [0.3, 0.4) is 0 Å². The molecule has 0 unspecified atom stereocenters. The summed E-state index contributed by atoms with van der Waals surface area (Å²) < 4.78 is 38.4. The summed E-state index contributed by atoms with van der Waals surface area (Å²) >= 11 is 0. The van der Waals surface area contributed by atoms with Crippen LogP contribution in [-0.2, 0) is 12.7 Å². The van der Waals surface area contributed by atoms with Crippen molar-refractivity contribution in [1.29, 1.82) is 0 Å². The molecule has 1 aromatic carbocycles. The Bertz CT molecular complexity index is 467. The maximum Gasteiger partial charge on any atom is 0.416 e. The van der Waals surface area contributed by atoms with Gasteiger partial charge in [-0.15, -0.1) is 0 Å². The van der Waals surface area contributed by atoms with E-state index in [0.717, 1.165) is 12.8 Å². The number of halogens is 3. The monoisotopic (exact) mass is 259 g/mol. The van der Waals surface area contributed by atoms with Crippen molar-refractivity contribution < 1.29 is 23.1 Å². The molecular weight excluding hydrogens is 247 g/mol. The number of hydrogen-bond acceptors (Lipinski definition) is 2. The molecule has 2 N–H and O–H groups in total. The van der Waals surface area contributed by atoms with E-state index in [-0.39, 0.29) is 17.7 Å². The molecule has 1 aromatic rings. The zero-order valence-corrected chi connectivity index (χ0v) is 9.42. The molecule has 98 valence electrons. The lowest BCUT2D eigenvalue weighted by Gasteiger charge is -2.14. The summed E-state index contributed by atoms with van der Waals surface area (Å²) in [7, 11) is 0. The molecule has 0 spiro atoms. The molecule has 0 heterocycles. The van der Waals surface area contributed by atoms with E-state index in [0.29, 0.717) is 12.1 Å². The van der Waals surface area contributed by atoms with Crippen molar-refractivity contribution >= 4 is 5.97 Å². The number of alkyl halides is 3. The van der Waals surface area contributed by atoms with Crippen LogP contribution < -0.4 is 5.32 Å². The SMILES string of the molecule is O=C(O)c1ccc(CNC2CC2)c(C(F)(F)F)c1. The highest BCUT2D eigenvalue weighted by atomic mass is 19.4. The summed E-state index contributed by atoms with van der Waals surface area (Å²) in [5.74, 6) is -1.36. The molecule has 6 heteroatoms. The maximum absolute atomic E-state index is 12.8. The Labute approximate surface area is 102 Å². The largest absolute Gasteiger partial charge is 0.478 e. The van der Waals surface area contributed by atoms with Crippen molar-refractivity contribution in [3.8, 4) is 0 Å². The Morgan fingerprint density at radius 1 is 1.39 bits per heavy atom. The van der Waals surface area contributed by atoms with E-state index in [4.69, 9.17) is 5.11 Å². The fraction of sp³-hybridized carbons (Fsp3) is 0.417. The first-order valence-electron chi connectivity index (χ1n) is 5.54. The van der Waals surface area contributed by atoms with E-state index in [1.807, 2.05) is 0 Å². The lowest BCUT2D eigenvalue weighted by atomic mass is 10.0. The molecule has 1 aliphatic rings. The minimum atomic E-state index is -4.54. The second-order valence-electron chi connectivity index (χ2n) is 4.33. The first-order chi connectivity index (χ1) is 8.38. The summed E-state index contributed by atoms with van der Waals surface area (Å²) in [5.41, 5.74) is -1.15. The van der Waals surface area contributed by atoms with Gasteiger partial charge >= 0.3 is 12.1 Å². The topological polar surface area (TPSA) is 49.3 Å². The number of benzene rings is 1. The van der Waals surface area contributed by atoms with Gasteiger partial charge in [-0.05, 0) is 30.5 Å². The normalized spacial score (nSPS) is 15.7. The summed E-state index contributed by atoms with van der Waals surface area (Å²) in [5, 5.41) is 11.7. The number of rotatable bonds is 4. The standard InChI is InChI=1S/C12H12F3NO2/c13-12(14,15)10-5-7(11(17)18)1-2-8(10)6-16-9-3-4-9/h1-2,5,9,16H,3-4,6H2,(H,17,18). The maximum atomic E-state index is 12.8. The van der Waals surface area contributed by atoms with Gasteiger partial charge in [-0.1, -0.05) is 6.07 Å². The van der Waals surface area contributed by atoms with Crippen LogP contribution in [0.15, 0.2) is 18.2 Å². The molecule has 3 nitrogen and oxygen atoms in total. The predicted molar refractivity (Wildman–Crippen MR) is 58.3 cm³/mol. The van der Waals surface area contributed by atoms with Crippen molar-refractivity contribution in [2.45, 2.75) is 31.6 Å². The van der Waals surface area contributed by atoms with E-state index in [1.165, 1.54) is 12.1 Å². The van der Waals surface area contributed by atoms with E-state index in [9.17, 15) is 18.0 Å². The van der Waals surface area contributed by atoms with Gasteiger partial charge in [0.25, 0.3) is 0 Å². The van der Waals surface area contributed by atoms with Crippen LogP contribution in [0.4, 0.5) is 13.2 Å². The van der Waals surface area contributed by atoms with Gasteiger partial charge in [0.2, 0.25) is 0 Å². The number of carboxylic acids is 1. The second-order valence-corrected chi connectivity index (χ2v) is 4.33. The van der Waals surface area contributed by atoms with Crippen LogP contribution >= 0.6 is 0 Å². The van der Waals surface area contributed by atoms with Crippen LogP contribution in [0.2, 0.25) is 0 Å². The number of aromatic carboxylic acids is 1. The van der Waals surface area contributed by atoms with Gasteiger partial charge < -0.3 is 10.4 Å². The molecule has 0 saturated heterocycles. The minimum absolute atomic E-state index is 0.0828. The molecule has 0 aromatic heterocycles. The molecule has 0 aliphatic heterocycles. The first-order valence-corrected chi connectivity index (χ1v) is 5.54.